The summed E-state index contributed by atoms with van der Waals surface area (Å²) in [5.41, 5.74) is 1.42. The normalized spacial score (nSPS) is 21.7. The molecule has 1 heterocycles. The number of ether oxygens (including phenoxy) is 1. The predicted molar refractivity (Wildman–Crippen MR) is 60.1 cm³/mol. The fourth-order valence-corrected chi connectivity index (χ4v) is 3.25. The Bertz CT molecular complexity index is 296. The quantitative estimate of drug-likeness (QED) is 0.680. The minimum absolute atomic E-state index is 0.115. The Morgan fingerprint density at radius 1 is 1.31 bits per heavy atom. The van der Waals surface area contributed by atoms with Gasteiger partial charge in [-0.1, -0.05) is 18.2 Å². The van der Waals surface area contributed by atoms with E-state index in [1.807, 2.05) is 0 Å². The number of hydrogen-bond acceptors (Lipinski definition) is 1. The second kappa shape index (κ2) is 3.62. The molecule has 1 atom stereocenters. The summed E-state index contributed by atoms with van der Waals surface area (Å²) in [6, 6.07) is 8.45. The maximum absolute atomic E-state index is 5.61. The smallest absolute Gasteiger partial charge is 0.123 e. The van der Waals surface area contributed by atoms with E-state index < -0.39 is 0 Å². The van der Waals surface area contributed by atoms with Crippen LogP contribution in [0.5, 0.6) is 5.75 Å². The molecule has 1 unspecified atom stereocenters. The summed E-state index contributed by atoms with van der Waals surface area (Å²) in [6.07, 6.45) is 5.89. The Labute approximate surface area is 82.5 Å². The lowest BCUT2D eigenvalue weighted by atomic mass is 10.1. The van der Waals surface area contributed by atoms with Crippen LogP contribution in [0.4, 0.5) is 0 Å². The third kappa shape index (κ3) is 1.68. The molecular formula is C11H16OS. The maximum Gasteiger partial charge on any atom is 0.123 e. The molecule has 0 spiro atoms. The highest BCUT2D eigenvalue weighted by atomic mass is 32.2. The minimum atomic E-state index is 0.115. The van der Waals surface area contributed by atoms with Gasteiger partial charge in [0.2, 0.25) is 0 Å². The number of rotatable bonds is 1. The molecule has 13 heavy (non-hydrogen) atoms. The Balaban J connectivity index is 2.37. The van der Waals surface area contributed by atoms with Crippen molar-refractivity contribution in [3.8, 4) is 5.75 Å². The second-order valence-corrected chi connectivity index (χ2v) is 6.20. The van der Waals surface area contributed by atoms with Crippen molar-refractivity contribution >= 4 is 10.9 Å². The van der Waals surface area contributed by atoms with Crippen LogP contribution in [0.3, 0.4) is 0 Å². The van der Waals surface area contributed by atoms with Crippen LogP contribution in [-0.4, -0.2) is 19.1 Å². The summed E-state index contributed by atoms with van der Waals surface area (Å²) in [6.45, 7) is 0.891. The SMILES string of the molecule is C[SH](C)C1CCOc2ccccc21. The molecular weight excluding hydrogens is 180 g/mol. The standard InChI is InChI=1S/C11H16OS/c1-13(2)11-7-8-12-10-6-4-3-5-9(10)11/h3-6,11,13H,7-8H2,1-2H3. The number of benzene rings is 1. The number of para-hydroxylation sites is 1. The highest BCUT2D eigenvalue weighted by molar-refractivity contribution is 8.16. The van der Waals surface area contributed by atoms with E-state index in [9.17, 15) is 0 Å². The van der Waals surface area contributed by atoms with Crippen molar-refractivity contribution in [1.82, 2.24) is 0 Å². The van der Waals surface area contributed by atoms with E-state index >= 15 is 0 Å². The molecule has 0 aliphatic carbocycles. The molecule has 1 aromatic carbocycles. The van der Waals surface area contributed by atoms with E-state index in [1.165, 1.54) is 12.0 Å². The number of hydrogen-bond donors (Lipinski definition) is 1. The van der Waals surface area contributed by atoms with Crippen LogP contribution in [0.1, 0.15) is 17.2 Å². The molecule has 0 aromatic heterocycles. The van der Waals surface area contributed by atoms with Gasteiger partial charge in [0.05, 0.1) is 6.61 Å². The van der Waals surface area contributed by atoms with Crippen LogP contribution in [0.25, 0.3) is 0 Å². The average Bonchev–Trinajstić information content (AvgIpc) is 2.17. The first-order valence-corrected chi connectivity index (χ1v) is 6.97. The molecule has 72 valence electrons. The average molecular weight is 196 g/mol. The lowest BCUT2D eigenvalue weighted by molar-refractivity contribution is 0.286. The highest BCUT2D eigenvalue weighted by Crippen LogP contribution is 2.45. The van der Waals surface area contributed by atoms with E-state index in [-0.39, 0.29) is 10.9 Å². The van der Waals surface area contributed by atoms with E-state index in [2.05, 4.69) is 36.8 Å². The monoisotopic (exact) mass is 196 g/mol. The molecule has 0 saturated carbocycles. The van der Waals surface area contributed by atoms with Gasteiger partial charge in [-0.3, -0.25) is 10.9 Å². The molecule has 0 fully saturated rings. The minimum Gasteiger partial charge on any atom is -0.493 e. The van der Waals surface area contributed by atoms with Crippen LogP contribution in [0, 0.1) is 0 Å². The fourth-order valence-electron chi connectivity index (χ4n) is 1.86. The van der Waals surface area contributed by atoms with Crippen LogP contribution in [0.15, 0.2) is 24.3 Å². The molecule has 0 amide bonds. The van der Waals surface area contributed by atoms with Gasteiger partial charge in [-0.05, 0) is 25.0 Å². The first kappa shape index (κ1) is 8.95. The first-order valence-electron chi connectivity index (χ1n) is 4.67. The second-order valence-electron chi connectivity index (χ2n) is 3.65. The van der Waals surface area contributed by atoms with Gasteiger partial charge in [0.25, 0.3) is 0 Å². The van der Waals surface area contributed by atoms with E-state index in [1.54, 1.807) is 0 Å². The zero-order valence-electron chi connectivity index (χ0n) is 8.16. The number of fused-ring (bicyclic) bond motifs is 1. The van der Waals surface area contributed by atoms with Crippen LogP contribution in [-0.2, 0) is 0 Å². The Hall–Kier alpha value is -0.630. The third-order valence-electron chi connectivity index (χ3n) is 2.55. The molecule has 0 radical (unpaired) electrons. The van der Waals surface area contributed by atoms with Gasteiger partial charge in [0, 0.05) is 10.8 Å². The van der Waals surface area contributed by atoms with Gasteiger partial charge >= 0.3 is 0 Å². The van der Waals surface area contributed by atoms with Crippen molar-refractivity contribution < 1.29 is 4.74 Å². The van der Waals surface area contributed by atoms with Gasteiger partial charge in [-0.25, -0.2) is 0 Å². The molecule has 1 aliphatic heterocycles. The third-order valence-corrected chi connectivity index (χ3v) is 4.33. The predicted octanol–water partition coefficient (Wildman–Crippen LogP) is 2.77. The van der Waals surface area contributed by atoms with Crippen LogP contribution < -0.4 is 4.74 Å². The molecule has 0 bridgehead atoms. The summed E-state index contributed by atoms with van der Waals surface area (Å²) in [4.78, 5) is 0. The lowest BCUT2D eigenvalue weighted by Gasteiger charge is -2.30. The van der Waals surface area contributed by atoms with Crippen molar-refractivity contribution in [3.05, 3.63) is 29.8 Å². The molecule has 2 rings (SSSR count). The van der Waals surface area contributed by atoms with Gasteiger partial charge in [-0.15, -0.1) is 0 Å². The molecule has 1 nitrogen and oxygen atoms in total. The van der Waals surface area contributed by atoms with E-state index in [4.69, 9.17) is 4.74 Å². The van der Waals surface area contributed by atoms with Crippen molar-refractivity contribution in [1.29, 1.82) is 0 Å². The van der Waals surface area contributed by atoms with Crippen LogP contribution in [0.2, 0.25) is 0 Å². The molecule has 0 saturated heterocycles. The summed E-state index contributed by atoms with van der Waals surface area (Å²) in [5.74, 6) is 1.11. The highest BCUT2D eigenvalue weighted by Gasteiger charge is 2.21. The Morgan fingerprint density at radius 2 is 2.08 bits per heavy atom. The van der Waals surface area contributed by atoms with Gasteiger partial charge in [0.1, 0.15) is 5.75 Å². The summed E-state index contributed by atoms with van der Waals surface area (Å²) in [5, 5.41) is 0.750. The van der Waals surface area contributed by atoms with Crippen molar-refractivity contribution in [2.75, 3.05) is 19.1 Å². The van der Waals surface area contributed by atoms with E-state index in [0.717, 1.165) is 17.6 Å². The Morgan fingerprint density at radius 3 is 2.85 bits per heavy atom. The molecule has 2 heteroatoms. The summed E-state index contributed by atoms with van der Waals surface area (Å²) >= 11 is 0. The van der Waals surface area contributed by atoms with Crippen LogP contribution >= 0.6 is 10.9 Å². The zero-order valence-corrected chi connectivity index (χ0v) is 9.05. The summed E-state index contributed by atoms with van der Waals surface area (Å²) < 4.78 is 5.61. The Kier molecular flexibility index (Phi) is 2.49. The van der Waals surface area contributed by atoms with Gasteiger partial charge in [-0.2, -0.15) is 0 Å². The van der Waals surface area contributed by atoms with Crippen molar-refractivity contribution in [3.63, 3.8) is 0 Å². The molecule has 1 aliphatic rings. The summed E-state index contributed by atoms with van der Waals surface area (Å²) in [7, 11) is 0.115. The van der Waals surface area contributed by atoms with Gasteiger partial charge in [0.15, 0.2) is 0 Å². The van der Waals surface area contributed by atoms with Gasteiger partial charge < -0.3 is 4.74 Å². The van der Waals surface area contributed by atoms with Crippen molar-refractivity contribution in [2.45, 2.75) is 11.7 Å². The van der Waals surface area contributed by atoms with E-state index in [0.29, 0.717) is 0 Å². The largest absolute Gasteiger partial charge is 0.493 e. The topological polar surface area (TPSA) is 9.23 Å². The maximum atomic E-state index is 5.61. The zero-order chi connectivity index (χ0) is 9.26. The lowest BCUT2D eigenvalue weighted by Crippen LogP contribution is -2.13. The fraction of sp³-hybridized carbons (Fsp3) is 0.455. The van der Waals surface area contributed by atoms with Crippen molar-refractivity contribution in [2.24, 2.45) is 0 Å². The number of thiol groups is 1. The molecule has 1 aromatic rings. The first-order chi connectivity index (χ1) is 6.29. The molecule has 0 N–H and O–H groups in total.